The average Bonchev–Trinajstić information content (AvgIpc) is 2.69. The van der Waals surface area contributed by atoms with Crippen molar-refractivity contribution in [1.82, 2.24) is 0 Å². The Balaban J connectivity index is 1.86. The Kier molecular flexibility index (Phi) is 6.60. The van der Waals surface area contributed by atoms with E-state index in [0.29, 0.717) is 12.2 Å². The molecule has 2 nitrogen and oxygen atoms in total. The summed E-state index contributed by atoms with van der Waals surface area (Å²) in [4.78, 5) is 0. The van der Waals surface area contributed by atoms with E-state index in [-0.39, 0.29) is 11.7 Å². The van der Waals surface area contributed by atoms with Crippen LogP contribution in [0.3, 0.4) is 0 Å². The van der Waals surface area contributed by atoms with Crippen molar-refractivity contribution < 1.29 is 22.6 Å². The Hall–Kier alpha value is -3.21. The predicted octanol–water partition coefficient (Wildman–Crippen LogP) is 7.48. The molecule has 3 aromatic carbocycles. The normalized spacial score (nSPS) is 12.7. The van der Waals surface area contributed by atoms with Crippen molar-refractivity contribution in [3.63, 3.8) is 0 Å². The molecule has 3 rings (SSSR count). The maximum Gasteiger partial charge on any atom is 0.573 e. The maximum atomic E-state index is 12.4. The van der Waals surface area contributed by atoms with Gasteiger partial charge in [-0.15, -0.1) is 13.2 Å². The highest BCUT2D eigenvalue weighted by Crippen LogP contribution is 2.33. The third kappa shape index (κ3) is 6.14. The molecule has 3 aromatic rings. The fraction of sp³-hybridized carbons (Fsp3) is 0.167. The summed E-state index contributed by atoms with van der Waals surface area (Å²) < 4.78 is 47.1. The first-order chi connectivity index (χ1) is 13.9. The summed E-state index contributed by atoms with van der Waals surface area (Å²) >= 11 is 0. The van der Waals surface area contributed by atoms with Gasteiger partial charge >= 0.3 is 6.36 Å². The molecule has 0 aromatic heterocycles. The van der Waals surface area contributed by atoms with Crippen molar-refractivity contribution in [3.8, 4) is 17.2 Å². The summed E-state index contributed by atoms with van der Waals surface area (Å²) in [5, 5.41) is 0. The zero-order valence-corrected chi connectivity index (χ0v) is 15.9. The Morgan fingerprint density at radius 3 is 2.14 bits per heavy atom. The molecule has 0 aliphatic heterocycles. The quantitative estimate of drug-likeness (QED) is 0.384. The van der Waals surface area contributed by atoms with Crippen LogP contribution in [0.4, 0.5) is 13.2 Å². The molecule has 0 saturated heterocycles. The van der Waals surface area contributed by atoms with Gasteiger partial charge in [-0.25, -0.2) is 0 Å². The van der Waals surface area contributed by atoms with Gasteiger partial charge in [0.2, 0.25) is 0 Å². The molecular formula is C24H21F3O2. The van der Waals surface area contributed by atoms with E-state index < -0.39 is 6.36 Å². The number of alkyl halides is 3. The van der Waals surface area contributed by atoms with E-state index in [2.05, 4.69) is 4.74 Å². The predicted molar refractivity (Wildman–Crippen MR) is 107 cm³/mol. The van der Waals surface area contributed by atoms with E-state index in [4.69, 9.17) is 4.74 Å². The third-order valence-electron chi connectivity index (χ3n) is 4.36. The SMILES string of the molecule is CC=CCC(c1ccc(OC(F)(F)F)cc1)c1cccc(Oc2ccccc2)c1. The van der Waals surface area contributed by atoms with Gasteiger partial charge in [0.1, 0.15) is 17.2 Å². The molecule has 0 saturated carbocycles. The van der Waals surface area contributed by atoms with Crippen LogP contribution in [0, 0.1) is 0 Å². The van der Waals surface area contributed by atoms with Gasteiger partial charge in [-0.3, -0.25) is 0 Å². The summed E-state index contributed by atoms with van der Waals surface area (Å²) in [6.45, 7) is 1.94. The second-order valence-corrected chi connectivity index (χ2v) is 6.46. The Bertz CT molecular complexity index is 932. The molecule has 0 fully saturated rings. The third-order valence-corrected chi connectivity index (χ3v) is 4.36. The molecule has 29 heavy (non-hydrogen) atoms. The van der Waals surface area contributed by atoms with Gasteiger partial charge in [-0.1, -0.05) is 54.6 Å². The number of hydrogen-bond acceptors (Lipinski definition) is 2. The molecule has 150 valence electrons. The van der Waals surface area contributed by atoms with Crippen molar-refractivity contribution >= 4 is 0 Å². The minimum absolute atomic E-state index is 0.0227. The molecule has 0 heterocycles. The lowest BCUT2D eigenvalue weighted by Gasteiger charge is -2.18. The second-order valence-electron chi connectivity index (χ2n) is 6.46. The molecule has 0 amide bonds. The molecule has 1 unspecified atom stereocenters. The fourth-order valence-corrected chi connectivity index (χ4v) is 3.06. The Morgan fingerprint density at radius 1 is 0.793 bits per heavy atom. The van der Waals surface area contributed by atoms with E-state index in [1.165, 1.54) is 12.1 Å². The van der Waals surface area contributed by atoms with Gasteiger partial charge in [0.15, 0.2) is 0 Å². The number of ether oxygens (including phenoxy) is 2. The first-order valence-corrected chi connectivity index (χ1v) is 9.24. The van der Waals surface area contributed by atoms with Crippen LogP contribution in [-0.4, -0.2) is 6.36 Å². The minimum atomic E-state index is -4.70. The van der Waals surface area contributed by atoms with Crippen LogP contribution >= 0.6 is 0 Å². The van der Waals surface area contributed by atoms with Crippen LogP contribution in [0.5, 0.6) is 17.2 Å². The van der Waals surface area contributed by atoms with Gasteiger partial charge in [0.25, 0.3) is 0 Å². The lowest BCUT2D eigenvalue weighted by Crippen LogP contribution is -2.17. The van der Waals surface area contributed by atoms with E-state index in [0.717, 1.165) is 16.9 Å². The number of benzene rings is 3. The first kappa shape index (κ1) is 20.5. The van der Waals surface area contributed by atoms with Crippen LogP contribution in [0.15, 0.2) is 91.0 Å². The van der Waals surface area contributed by atoms with E-state index in [1.807, 2.05) is 73.7 Å². The van der Waals surface area contributed by atoms with Gasteiger partial charge in [-0.2, -0.15) is 0 Å². The highest BCUT2D eigenvalue weighted by Gasteiger charge is 2.31. The lowest BCUT2D eigenvalue weighted by atomic mass is 9.88. The minimum Gasteiger partial charge on any atom is -0.457 e. The van der Waals surface area contributed by atoms with Crippen LogP contribution in [0.1, 0.15) is 30.4 Å². The molecule has 0 aliphatic carbocycles. The first-order valence-electron chi connectivity index (χ1n) is 9.24. The van der Waals surface area contributed by atoms with Crippen molar-refractivity contribution in [3.05, 3.63) is 102 Å². The molecule has 0 spiro atoms. The van der Waals surface area contributed by atoms with E-state index >= 15 is 0 Å². The van der Waals surface area contributed by atoms with Crippen molar-refractivity contribution in [2.45, 2.75) is 25.6 Å². The second kappa shape index (κ2) is 9.32. The van der Waals surface area contributed by atoms with Crippen molar-refractivity contribution in [1.29, 1.82) is 0 Å². The summed E-state index contributed by atoms with van der Waals surface area (Å²) in [5.74, 6) is 1.19. The van der Waals surface area contributed by atoms with E-state index in [9.17, 15) is 13.2 Å². The largest absolute Gasteiger partial charge is 0.573 e. The van der Waals surface area contributed by atoms with Crippen molar-refractivity contribution in [2.24, 2.45) is 0 Å². The van der Waals surface area contributed by atoms with Crippen LogP contribution < -0.4 is 9.47 Å². The number of halogens is 3. The molecule has 5 heteroatoms. The fourth-order valence-electron chi connectivity index (χ4n) is 3.06. The highest BCUT2D eigenvalue weighted by atomic mass is 19.4. The average molecular weight is 398 g/mol. The zero-order valence-electron chi connectivity index (χ0n) is 15.9. The summed E-state index contributed by atoms with van der Waals surface area (Å²) in [6, 6.07) is 23.2. The summed E-state index contributed by atoms with van der Waals surface area (Å²) in [7, 11) is 0. The van der Waals surface area contributed by atoms with Gasteiger partial charge < -0.3 is 9.47 Å². The topological polar surface area (TPSA) is 18.5 Å². The Labute approximate surface area is 168 Å². The van der Waals surface area contributed by atoms with Crippen LogP contribution in [0.25, 0.3) is 0 Å². The standard InChI is InChI=1S/C24H21F3O2/c1-2-3-12-23(18-13-15-21(16-14-18)29-24(25,26)27)19-8-7-11-22(17-19)28-20-9-5-4-6-10-20/h2-11,13-17,23H,12H2,1H3. The van der Waals surface area contributed by atoms with Crippen molar-refractivity contribution in [2.75, 3.05) is 0 Å². The smallest absolute Gasteiger partial charge is 0.457 e. The maximum absolute atomic E-state index is 12.4. The van der Waals surface area contributed by atoms with Gasteiger partial charge in [0, 0.05) is 5.92 Å². The van der Waals surface area contributed by atoms with Crippen LogP contribution in [-0.2, 0) is 0 Å². The number of para-hydroxylation sites is 1. The molecular weight excluding hydrogens is 377 g/mol. The van der Waals surface area contributed by atoms with Gasteiger partial charge in [0.05, 0.1) is 0 Å². The summed E-state index contributed by atoms with van der Waals surface area (Å²) in [6.07, 6.45) is 0.00765. The molecule has 0 N–H and O–H groups in total. The van der Waals surface area contributed by atoms with Gasteiger partial charge in [-0.05, 0) is 60.9 Å². The zero-order chi connectivity index (χ0) is 20.7. The van der Waals surface area contributed by atoms with Crippen LogP contribution in [0.2, 0.25) is 0 Å². The molecule has 0 radical (unpaired) electrons. The Morgan fingerprint density at radius 2 is 1.48 bits per heavy atom. The van der Waals surface area contributed by atoms with E-state index in [1.54, 1.807) is 12.1 Å². The highest BCUT2D eigenvalue weighted by molar-refractivity contribution is 5.41. The lowest BCUT2D eigenvalue weighted by molar-refractivity contribution is -0.274. The number of rotatable bonds is 7. The molecule has 0 aliphatic rings. The number of allylic oxidation sites excluding steroid dienone is 2. The molecule has 0 bridgehead atoms. The monoisotopic (exact) mass is 398 g/mol. The summed E-state index contributed by atoms with van der Waals surface area (Å²) in [5.41, 5.74) is 1.91. The number of hydrogen-bond donors (Lipinski definition) is 0. The molecule has 1 atom stereocenters.